The van der Waals surface area contributed by atoms with E-state index in [4.69, 9.17) is 4.98 Å². The van der Waals surface area contributed by atoms with Gasteiger partial charge in [0.2, 0.25) is 0 Å². The van der Waals surface area contributed by atoms with Crippen LogP contribution >= 0.6 is 0 Å². The lowest BCUT2D eigenvalue weighted by molar-refractivity contribution is 0.247. The average Bonchev–Trinajstić information content (AvgIpc) is 3.30. The molecule has 5 heteroatoms. The summed E-state index contributed by atoms with van der Waals surface area (Å²) in [5.74, 6) is 2.02. The van der Waals surface area contributed by atoms with Gasteiger partial charge in [-0.3, -0.25) is 9.88 Å². The fraction of sp³-hybridized carbons (Fsp3) is 0.733. The first-order valence-corrected chi connectivity index (χ1v) is 7.84. The number of piperazine rings is 1. The van der Waals surface area contributed by atoms with Gasteiger partial charge in [0.15, 0.2) is 0 Å². The smallest absolute Gasteiger partial charge is 0.147 e. The van der Waals surface area contributed by atoms with Crippen molar-refractivity contribution in [2.45, 2.75) is 26.3 Å². The third kappa shape index (κ3) is 3.67. The van der Waals surface area contributed by atoms with Crippen molar-refractivity contribution < 1.29 is 0 Å². The molecule has 3 rings (SSSR count). The van der Waals surface area contributed by atoms with Gasteiger partial charge in [0, 0.05) is 45.5 Å². The monoisotopic (exact) mass is 275 g/mol. The van der Waals surface area contributed by atoms with Crippen LogP contribution in [0.25, 0.3) is 0 Å². The molecule has 0 bridgehead atoms. The lowest BCUT2D eigenvalue weighted by Crippen LogP contribution is -2.47. The molecule has 1 saturated carbocycles. The normalized spacial score (nSPS) is 20.4. The third-order valence-corrected chi connectivity index (χ3v) is 4.14. The first-order chi connectivity index (χ1) is 9.85. The van der Waals surface area contributed by atoms with E-state index in [1.807, 2.05) is 12.4 Å². The molecule has 1 aromatic heterocycles. The maximum Gasteiger partial charge on any atom is 0.147 e. The Hall–Kier alpha value is -1.20. The molecule has 2 aliphatic rings. The van der Waals surface area contributed by atoms with Crippen molar-refractivity contribution in [2.75, 3.05) is 44.2 Å². The maximum atomic E-state index is 4.71. The van der Waals surface area contributed by atoms with E-state index < -0.39 is 0 Å². The van der Waals surface area contributed by atoms with Gasteiger partial charge in [-0.1, -0.05) is 6.92 Å². The Morgan fingerprint density at radius 3 is 2.70 bits per heavy atom. The number of hydrogen-bond donors (Lipinski definition) is 1. The van der Waals surface area contributed by atoms with Gasteiger partial charge < -0.3 is 10.2 Å². The summed E-state index contributed by atoms with van der Waals surface area (Å²) in [6, 6.07) is 0. The molecule has 0 unspecified atom stereocenters. The largest absolute Gasteiger partial charge is 0.353 e. The Labute approximate surface area is 121 Å². The quantitative estimate of drug-likeness (QED) is 0.843. The topological polar surface area (TPSA) is 44.3 Å². The Bertz CT molecular complexity index is 424. The molecule has 1 aliphatic carbocycles. The first-order valence-electron chi connectivity index (χ1n) is 7.84. The molecule has 2 heterocycles. The zero-order valence-corrected chi connectivity index (χ0v) is 12.4. The molecule has 0 atom stereocenters. The second kappa shape index (κ2) is 6.50. The van der Waals surface area contributed by atoms with Gasteiger partial charge in [-0.15, -0.1) is 0 Å². The number of rotatable bonds is 6. The average molecular weight is 275 g/mol. The van der Waals surface area contributed by atoms with Crippen molar-refractivity contribution >= 4 is 5.82 Å². The molecule has 2 fully saturated rings. The van der Waals surface area contributed by atoms with Crippen molar-refractivity contribution in [3.8, 4) is 0 Å². The number of anilines is 1. The molecule has 0 radical (unpaired) electrons. The number of aromatic nitrogens is 2. The molecule has 0 amide bonds. The van der Waals surface area contributed by atoms with Crippen LogP contribution in [-0.2, 0) is 6.54 Å². The van der Waals surface area contributed by atoms with Gasteiger partial charge in [-0.25, -0.2) is 4.98 Å². The van der Waals surface area contributed by atoms with Crippen LogP contribution in [-0.4, -0.2) is 54.1 Å². The highest BCUT2D eigenvalue weighted by Crippen LogP contribution is 2.30. The van der Waals surface area contributed by atoms with E-state index in [9.17, 15) is 0 Å². The van der Waals surface area contributed by atoms with Crippen LogP contribution in [0.2, 0.25) is 0 Å². The highest BCUT2D eigenvalue weighted by Gasteiger charge is 2.26. The summed E-state index contributed by atoms with van der Waals surface area (Å²) < 4.78 is 0. The summed E-state index contributed by atoms with van der Waals surface area (Å²) in [5.41, 5.74) is 1.03. The molecule has 1 aromatic rings. The lowest BCUT2D eigenvalue weighted by Gasteiger charge is -2.35. The predicted octanol–water partition coefficient (Wildman–Crippen LogP) is 1.12. The van der Waals surface area contributed by atoms with Gasteiger partial charge in [0.05, 0.1) is 11.9 Å². The zero-order valence-electron chi connectivity index (χ0n) is 12.4. The number of nitrogens with one attached hydrogen (secondary N) is 1. The summed E-state index contributed by atoms with van der Waals surface area (Å²) in [6.45, 7) is 9.66. The van der Waals surface area contributed by atoms with E-state index in [2.05, 4.69) is 27.0 Å². The van der Waals surface area contributed by atoms with Crippen molar-refractivity contribution in [1.82, 2.24) is 20.2 Å². The molecular weight excluding hydrogens is 250 g/mol. The van der Waals surface area contributed by atoms with Crippen LogP contribution in [0.4, 0.5) is 5.82 Å². The summed E-state index contributed by atoms with van der Waals surface area (Å²) in [7, 11) is 0. The van der Waals surface area contributed by atoms with E-state index in [1.54, 1.807) is 0 Å². The van der Waals surface area contributed by atoms with Crippen molar-refractivity contribution in [2.24, 2.45) is 5.92 Å². The fourth-order valence-corrected chi connectivity index (χ4v) is 2.71. The van der Waals surface area contributed by atoms with Crippen LogP contribution in [0.3, 0.4) is 0 Å². The van der Waals surface area contributed by atoms with Gasteiger partial charge in [0.1, 0.15) is 5.82 Å². The highest BCUT2D eigenvalue weighted by atomic mass is 15.3. The first kappa shape index (κ1) is 13.8. The molecule has 1 N–H and O–H groups in total. The Balaban J connectivity index is 1.53. The van der Waals surface area contributed by atoms with E-state index >= 15 is 0 Å². The van der Waals surface area contributed by atoms with Crippen LogP contribution in [0.15, 0.2) is 12.4 Å². The van der Waals surface area contributed by atoms with Gasteiger partial charge in [-0.05, 0) is 25.3 Å². The van der Waals surface area contributed by atoms with Crippen LogP contribution in [0.5, 0.6) is 0 Å². The van der Waals surface area contributed by atoms with Crippen LogP contribution in [0, 0.1) is 5.92 Å². The molecular formula is C15H25N5. The minimum Gasteiger partial charge on any atom is -0.353 e. The minimum atomic E-state index is 0.805. The molecule has 1 aliphatic heterocycles. The van der Waals surface area contributed by atoms with Gasteiger partial charge in [0.25, 0.3) is 0 Å². The van der Waals surface area contributed by atoms with E-state index in [1.165, 1.54) is 19.4 Å². The van der Waals surface area contributed by atoms with E-state index in [-0.39, 0.29) is 0 Å². The predicted molar refractivity (Wildman–Crippen MR) is 80.8 cm³/mol. The number of nitrogens with zero attached hydrogens (tertiary/aromatic N) is 4. The maximum absolute atomic E-state index is 4.71. The molecule has 0 spiro atoms. The second-order valence-corrected chi connectivity index (χ2v) is 5.88. The molecule has 5 nitrogen and oxygen atoms in total. The summed E-state index contributed by atoms with van der Waals surface area (Å²) in [5, 5.41) is 3.30. The van der Waals surface area contributed by atoms with Gasteiger partial charge >= 0.3 is 0 Å². The third-order valence-electron chi connectivity index (χ3n) is 4.14. The standard InChI is InChI=1S/C15H25N5/c1-2-16-9-14-10-17-11-15(18-14)20-7-5-19(6-8-20)12-13-3-4-13/h10-11,13,16H,2-9,12H2,1H3. The van der Waals surface area contributed by atoms with Crippen molar-refractivity contribution in [3.05, 3.63) is 18.1 Å². The molecule has 0 aromatic carbocycles. The van der Waals surface area contributed by atoms with Crippen LogP contribution in [0.1, 0.15) is 25.5 Å². The van der Waals surface area contributed by atoms with Gasteiger partial charge in [-0.2, -0.15) is 0 Å². The summed E-state index contributed by atoms with van der Waals surface area (Å²) in [6.07, 6.45) is 6.64. The second-order valence-electron chi connectivity index (χ2n) is 5.88. The Morgan fingerprint density at radius 2 is 2.00 bits per heavy atom. The fourth-order valence-electron chi connectivity index (χ4n) is 2.71. The molecule has 20 heavy (non-hydrogen) atoms. The summed E-state index contributed by atoms with van der Waals surface area (Å²) in [4.78, 5) is 14.0. The number of hydrogen-bond acceptors (Lipinski definition) is 5. The molecule has 1 saturated heterocycles. The molecule has 110 valence electrons. The Kier molecular flexibility index (Phi) is 4.47. The van der Waals surface area contributed by atoms with Crippen LogP contribution < -0.4 is 10.2 Å². The van der Waals surface area contributed by atoms with E-state index in [0.29, 0.717) is 0 Å². The SMILES string of the molecule is CCNCc1cncc(N2CCN(CC3CC3)CC2)n1. The Morgan fingerprint density at radius 1 is 1.20 bits per heavy atom. The zero-order chi connectivity index (χ0) is 13.8. The van der Waals surface area contributed by atoms with Crippen molar-refractivity contribution in [1.29, 1.82) is 0 Å². The van der Waals surface area contributed by atoms with E-state index in [0.717, 1.165) is 56.7 Å². The summed E-state index contributed by atoms with van der Waals surface area (Å²) >= 11 is 0. The lowest BCUT2D eigenvalue weighted by atomic mass is 10.3. The minimum absolute atomic E-state index is 0.805. The highest BCUT2D eigenvalue weighted by molar-refractivity contribution is 5.37. The van der Waals surface area contributed by atoms with Crippen molar-refractivity contribution in [3.63, 3.8) is 0 Å².